The molecule has 0 aliphatic carbocycles. The number of ether oxygens (including phenoxy) is 1. The molecule has 3 heterocycles. The molecule has 2 bridgehead atoms. The van der Waals surface area contributed by atoms with E-state index in [1.165, 1.54) is 0 Å². The van der Waals surface area contributed by atoms with Crippen molar-refractivity contribution in [2.45, 2.75) is 13.0 Å². The van der Waals surface area contributed by atoms with Gasteiger partial charge < -0.3 is 20.4 Å². The molecule has 0 radical (unpaired) electrons. The Morgan fingerprint density at radius 1 is 1.21 bits per heavy atom. The van der Waals surface area contributed by atoms with Gasteiger partial charge in [0.2, 0.25) is 0 Å². The molecular weight excluding hydrogens is 300 g/mol. The van der Waals surface area contributed by atoms with Gasteiger partial charge in [0, 0.05) is 29.6 Å². The Kier molecular flexibility index (Phi) is 3.61. The van der Waals surface area contributed by atoms with E-state index in [4.69, 9.17) is 9.72 Å². The highest BCUT2D eigenvalue weighted by Crippen LogP contribution is 2.29. The first-order valence-corrected chi connectivity index (χ1v) is 8.12. The van der Waals surface area contributed by atoms with E-state index >= 15 is 0 Å². The smallest absolute Gasteiger partial charge is 0.127 e. The Labute approximate surface area is 140 Å². The number of anilines is 1. The van der Waals surface area contributed by atoms with Crippen LogP contribution in [0.25, 0.3) is 16.7 Å². The van der Waals surface area contributed by atoms with E-state index in [1.54, 1.807) is 0 Å². The quantitative estimate of drug-likeness (QED) is 0.591. The number of pyridine rings is 1. The van der Waals surface area contributed by atoms with E-state index < -0.39 is 0 Å². The summed E-state index contributed by atoms with van der Waals surface area (Å²) in [6.45, 7) is 7.49. The Hall–Kier alpha value is -2.95. The van der Waals surface area contributed by atoms with Crippen molar-refractivity contribution in [2.75, 3.05) is 18.5 Å². The van der Waals surface area contributed by atoms with Crippen LogP contribution >= 0.6 is 0 Å². The van der Waals surface area contributed by atoms with Gasteiger partial charge in [-0.1, -0.05) is 24.8 Å². The molecule has 0 spiro atoms. The standard InChI is InChI=1S/C19H20N4O/c1-12-15-11-21-16-7-8-18(23-19(15)16)22-13(2)14-5-3-4-6-17(14)24-10-9-20-12/h3-8,11,13,20-21H,1,9-10H2,2H3,(H,22,23). The lowest BCUT2D eigenvalue weighted by atomic mass is 10.1. The lowest BCUT2D eigenvalue weighted by Gasteiger charge is -2.18. The number of rotatable bonds is 0. The summed E-state index contributed by atoms with van der Waals surface area (Å²) in [5.41, 5.74) is 4.86. The molecule has 0 saturated heterocycles. The summed E-state index contributed by atoms with van der Waals surface area (Å²) in [6.07, 6.45) is 1.94. The summed E-state index contributed by atoms with van der Waals surface area (Å²) >= 11 is 0. The number of H-pyrrole nitrogens is 1. The monoisotopic (exact) mass is 320 g/mol. The van der Waals surface area contributed by atoms with Crippen LogP contribution in [0.5, 0.6) is 5.75 Å². The fourth-order valence-corrected chi connectivity index (χ4v) is 3.04. The average molecular weight is 320 g/mol. The fraction of sp³-hybridized carbons (Fsp3) is 0.211. The zero-order chi connectivity index (χ0) is 16.5. The second-order valence-electron chi connectivity index (χ2n) is 5.95. The molecule has 1 aliphatic heterocycles. The molecule has 5 heteroatoms. The first-order chi connectivity index (χ1) is 11.7. The lowest BCUT2D eigenvalue weighted by Crippen LogP contribution is -2.19. The topological polar surface area (TPSA) is 62.0 Å². The van der Waals surface area contributed by atoms with Crippen LogP contribution in [0.3, 0.4) is 0 Å². The van der Waals surface area contributed by atoms with Gasteiger partial charge in [0.25, 0.3) is 0 Å². The maximum absolute atomic E-state index is 5.96. The second kappa shape index (κ2) is 5.92. The molecule has 2 aromatic heterocycles. The summed E-state index contributed by atoms with van der Waals surface area (Å²) in [4.78, 5) is 8.02. The van der Waals surface area contributed by atoms with Crippen molar-refractivity contribution >= 4 is 22.5 Å². The molecule has 4 rings (SSSR count). The Balaban J connectivity index is 1.79. The van der Waals surface area contributed by atoms with Crippen LogP contribution in [-0.2, 0) is 0 Å². The third-order valence-electron chi connectivity index (χ3n) is 4.30. The van der Waals surface area contributed by atoms with Crippen molar-refractivity contribution in [1.82, 2.24) is 15.3 Å². The molecule has 1 aliphatic rings. The highest BCUT2D eigenvalue weighted by Gasteiger charge is 2.15. The molecule has 24 heavy (non-hydrogen) atoms. The van der Waals surface area contributed by atoms with Gasteiger partial charge in [-0.25, -0.2) is 4.98 Å². The maximum Gasteiger partial charge on any atom is 0.127 e. The molecule has 0 amide bonds. The van der Waals surface area contributed by atoms with Crippen LogP contribution < -0.4 is 15.4 Å². The molecule has 1 unspecified atom stereocenters. The minimum atomic E-state index is 0.0884. The SMILES string of the molecule is C=C1NCCOc2ccccc2C(C)Nc2ccc3[nH]cc1c3n2. The van der Waals surface area contributed by atoms with E-state index in [1.807, 2.05) is 36.5 Å². The van der Waals surface area contributed by atoms with Gasteiger partial charge in [-0.2, -0.15) is 0 Å². The Bertz CT molecular complexity index is 899. The number of benzene rings is 1. The predicted octanol–water partition coefficient (Wildman–Crippen LogP) is 3.69. The van der Waals surface area contributed by atoms with Crippen molar-refractivity contribution < 1.29 is 4.74 Å². The number of fused-ring (bicyclic) bond motifs is 2. The second-order valence-corrected chi connectivity index (χ2v) is 5.95. The van der Waals surface area contributed by atoms with Crippen LogP contribution in [-0.4, -0.2) is 23.1 Å². The van der Waals surface area contributed by atoms with Gasteiger partial charge in [0.05, 0.1) is 17.1 Å². The largest absolute Gasteiger partial charge is 0.491 e. The van der Waals surface area contributed by atoms with Crippen molar-refractivity contribution in [2.24, 2.45) is 0 Å². The summed E-state index contributed by atoms with van der Waals surface area (Å²) in [7, 11) is 0. The van der Waals surface area contributed by atoms with Crippen molar-refractivity contribution in [3.8, 4) is 5.75 Å². The fourth-order valence-electron chi connectivity index (χ4n) is 3.04. The minimum Gasteiger partial charge on any atom is -0.491 e. The molecule has 0 fully saturated rings. The number of nitrogens with one attached hydrogen (secondary N) is 3. The number of aromatic nitrogens is 2. The third-order valence-corrected chi connectivity index (χ3v) is 4.30. The van der Waals surface area contributed by atoms with Gasteiger partial charge in [-0.05, 0) is 25.1 Å². The predicted molar refractivity (Wildman–Crippen MR) is 97.1 cm³/mol. The third kappa shape index (κ3) is 2.58. The van der Waals surface area contributed by atoms with E-state index in [0.717, 1.165) is 39.4 Å². The zero-order valence-electron chi connectivity index (χ0n) is 13.6. The highest BCUT2D eigenvalue weighted by molar-refractivity contribution is 5.89. The van der Waals surface area contributed by atoms with Gasteiger partial charge >= 0.3 is 0 Å². The Morgan fingerprint density at radius 3 is 3.00 bits per heavy atom. The molecule has 3 aromatic rings. The summed E-state index contributed by atoms with van der Waals surface area (Å²) in [5.74, 6) is 1.73. The van der Waals surface area contributed by atoms with Crippen molar-refractivity contribution in [3.05, 3.63) is 60.3 Å². The normalized spacial score (nSPS) is 17.7. The molecular formula is C19H20N4O. The van der Waals surface area contributed by atoms with Gasteiger partial charge in [0.1, 0.15) is 18.2 Å². The number of para-hydroxylation sites is 1. The van der Waals surface area contributed by atoms with E-state index in [9.17, 15) is 0 Å². The summed E-state index contributed by atoms with van der Waals surface area (Å²) in [5, 5.41) is 6.79. The van der Waals surface area contributed by atoms with E-state index in [-0.39, 0.29) is 6.04 Å². The summed E-state index contributed by atoms with van der Waals surface area (Å²) in [6, 6.07) is 12.2. The summed E-state index contributed by atoms with van der Waals surface area (Å²) < 4.78 is 5.96. The van der Waals surface area contributed by atoms with Crippen LogP contribution in [0.15, 0.2) is 49.2 Å². The lowest BCUT2D eigenvalue weighted by molar-refractivity contribution is 0.317. The minimum absolute atomic E-state index is 0.0884. The number of aromatic amines is 1. The molecule has 5 nitrogen and oxygen atoms in total. The Morgan fingerprint density at radius 2 is 2.08 bits per heavy atom. The van der Waals surface area contributed by atoms with Crippen LogP contribution in [0.2, 0.25) is 0 Å². The van der Waals surface area contributed by atoms with E-state index in [0.29, 0.717) is 13.2 Å². The average Bonchev–Trinajstić information content (AvgIpc) is 3.01. The van der Waals surface area contributed by atoms with Crippen LogP contribution in [0.4, 0.5) is 5.82 Å². The highest BCUT2D eigenvalue weighted by atomic mass is 16.5. The molecule has 3 N–H and O–H groups in total. The molecule has 1 atom stereocenters. The molecule has 0 saturated carbocycles. The van der Waals surface area contributed by atoms with Gasteiger partial charge in [-0.15, -0.1) is 0 Å². The maximum atomic E-state index is 5.96. The number of hydrogen-bond acceptors (Lipinski definition) is 4. The van der Waals surface area contributed by atoms with Gasteiger partial charge in [-0.3, -0.25) is 0 Å². The van der Waals surface area contributed by atoms with E-state index in [2.05, 4.69) is 35.2 Å². The van der Waals surface area contributed by atoms with Crippen LogP contribution in [0.1, 0.15) is 24.1 Å². The first kappa shape index (κ1) is 14.6. The molecule has 1 aromatic carbocycles. The number of nitrogens with zero attached hydrogens (tertiary/aromatic N) is 1. The molecule has 122 valence electrons. The number of hydrogen-bond donors (Lipinski definition) is 3. The van der Waals surface area contributed by atoms with Crippen molar-refractivity contribution in [3.63, 3.8) is 0 Å². The van der Waals surface area contributed by atoms with Crippen LogP contribution in [0, 0.1) is 0 Å². The van der Waals surface area contributed by atoms with Crippen molar-refractivity contribution in [1.29, 1.82) is 0 Å². The first-order valence-electron chi connectivity index (χ1n) is 8.12. The zero-order valence-corrected chi connectivity index (χ0v) is 13.6. The van der Waals surface area contributed by atoms with Gasteiger partial charge in [0.15, 0.2) is 0 Å².